The van der Waals surface area contributed by atoms with Gasteiger partial charge in [-0.15, -0.1) is 0 Å². The third kappa shape index (κ3) is 2.49. The van der Waals surface area contributed by atoms with Crippen LogP contribution in [0.5, 0.6) is 0 Å². The molecule has 0 saturated heterocycles. The summed E-state index contributed by atoms with van der Waals surface area (Å²) in [6, 6.07) is 6.62. The fraction of sp³-hybridized carbons (Fsp3) is 0.357. The predicted molar refractivity (Wildman–Crippen MR) is 74.2 cm³/mol. The van der Waals surface area contributed by atoms with E-state index >= 15 is 0 Å². The van der Waals surface area contributed by atoms with Crippen molar-refractivity contribution in [2.24, 2.45) is 0 Å². The van der Waals surface area contributed by atoms with Gasteiger partial charge >= 0.3 is 6.18 Å². The van der Waals surface area contributed by atoms with E-state index in [9.17, 15) is 18.0 Å². The number of fused-ring (bicyclic) bond motifs is 1. The van der Waals surface area contributed by atoms with E-state index in [0.717, 1.165) is 0 Å². The minimum atomic E-state index is -4.90. The lowest BCUT2D eigenvalue weighted by Crippen LogP contribution is -2.27. The molecular formula is C14H13BrF3NO. The van der Waals surface area contributed by atoms with E-state index in [1.165, 1.54) is 4.40 Å². The van der Waals surface area contributed by atoms with E-state index in [0.29, 0.717) is 15.7 Å². The number of halogens is 4. The van der Waals surface area contributed by atoms with Crippen LogP contribution < -0.4 is 0 Å². The molecule has 0 fully saturated rings. The highest BCUT2D eigenvalue weighted by molar-refractivity contribution is 9.10. The number of rotatable bonds is 1. The van der Waals surface area contributed by atoms with E-state index in [2.05, 4.69) is 15.9 Å². The van der Waals surface area contributed by atoms with Gasteiger partial charge in [-0.1, -0.05) is 26.8 Å². The Kier molecular flexibility index (Phi) is 3.48. The molecule has 0 radical (unpaired) electrons. The van der Waals surface area contributed by atoms with Gasteiger partial charge in [0.2, 0.25) is 0 Å². The number of pyridine rings is 1. The fourth-order valence-corrected chi connectivity index (χ4v) is 2.65. The molecule has 0 saturated carbocycles. The van der Waals surface area contributed by atoms with Crippen LogP contribution in [0.4, 0.5) is 13.2 Å². The van der Waals surface area contributed by atoms with Crippen molar-refractivity contribution in [3.63, 3.8) is 0 Å². The Balaban J connectivity index is 2.88. The van der Waals surface area contributed by atoms with Crippen molar-refractivity contribution in [1.82, 2.24) is 4.40 Å². The fourth-order valence-electron chi connectivity index (χ4n) is 2.11. The maximum absolute atomic E-state index is 12.9. The number of hydrogen-bond acceptors (Lipinski definition) is 1. The van der Waals surface area contributed by atoms with Crippen LogP contribution in [0.25, 0.3) is 5.52 Å². The maximum atomic E-state index is 12.9. The summed E-state index contributed by atoms with van der Waals surface area (Å²) in [5, 5.41) is 0. The Hall–Kier alpha value is -1.30. The first-order chi connectivity index (χ1) is 9.03. The molecule has 2 rings (SSSR count). The second kappa shape index (κ2) is 4.62. The molecule has 0 aromatic carbocycles. The summed E-state index contributed by atoms with van der Waals surface area (Å²) in [6.45, 7) is 5.34. The third-order valence-corrected chi connectivity index (χ3v) is 3.64. The van der Waals surface area contributed by atoms with Gasteiger partial charge in [-0.05, 0) is 45.1 Å². The van der Waals surface area contributed by atoms with Crippen LogP contribution in [0, 0.1) is 0 Å². The summed E-state index contributed by atoms with van der Waals surface area (Å²) in [7, 11) is 0. The second-order valence-electron chi connectivity index (χ2n) is 5.59. The SMILES string of the molecule is CC(C)(C)c1cc2cccc(Br)n2c1C(=O)C(F)(F)F. The summed E-state index contributed by atoms with van der Waals surface area (Å²) in [5.74, 6) is -1.82. The quantitative estimate of drug-likeness (QED) is 0.539. The Morgan fingerprint density at radius 3 is 2.30 bits per heavy atom. The zero-order chi connectivity index (χ0) is 15.3. The number of aromatic nitrogens is 1. The van der Waals surface area contributed by atoms with Crippen molar-refractivity contribution in [3.8, 4) is 0 Å². The molecule has 2 nitrogen and oxygen atoms in total. The van der Waals surface area contributed by atoms with Crippen molar-refractivity contribution >= 4 is 27.2 Å². The average molecular weight is 348 g/mol. The zero-order valence-corrected chi connectivity index (χ0v) is 12.8. The monoisotopic (exact) mass is 347 g/mol. The highest BCUT2D eigenvalue weighted by Gasteiger charge is 2.43. The average Bonchev–Trinajstić information content (AvgIpc) is 2.67. The predicted octanol–water partition coefficient (Wildman–Crippen LogP) is 4.74. The molecule has 0 N–H and O–H groups in total. The lowest BCUT2D eigenvalue weighted by Gasteiger charge is -2.20. The van der Waals surface area contributed by atoms with Crippen LogP contribution in [0.15, 0.2) is 28.9 Å². The minimum Gasteiger partial charge on any atom is -0.300 e. The maximum Gasteiger partial charge on any atom is 0.456 e. The molecule has 2 heterocycles. The van der Waals surface area contributed by atoms with Crippen molar-refractivity contribution in [1.29, 1.82) is 0 Å². The molecule has 0 spiro atoms. The first kappa shape index (κ1) is 15.1. The van der Waals surface area contributed by atoms with Gasteiger partial charge < -0.3 is 4.40 Å². The van der Waals surface area contributed by atoms with E-state index in [1.807, 2.05) is 0 Å². The number of hydrogen-bond donors (Lipinski definition) is 0. The topological polar surface area (TPSA) is 21.5 Å². The first-order valence-corrected chi connectivity index (χ1v) is 6.75. The molecule has 0 aliphatic rings. The smallest absolute Gasteiger partial charge is 0.300 e. The normalized spacial score (nSPS) is 12.9. The van der Waals surface area contributed by atoms with Crippen molar-refractivity contribution < 1.29 is 18.0 Å². The lowest BCUT2D eigenvalue weighted by atomic mass is 9.86. The number of Topliss-reactive ketones (excluding diaryl/α,β-unsaturated/α-hetero) is 1. The van der Waals surface area contributed by atoms with Crippen LogP contribution >= 0.6 is 15.9 Å². The third-order valence-electron chi connectivity index (χ3n) is 3.02. The Bertz CT molecular complexity index is 680. The molecule has 6 heteroatoms. The van der Waals surface area contributed by atoms with Crippen LogP contribution in [-0.4, -0.2) is 16.4 Å². The van der Waals surface area contributed by atoms with E-state index in [4.69, 9.17) is 0 Å². The number of ketones is 1. The van der Waals surface area contributed by atoms with Crippen LogP contribution in [0.1, 0.15) is 36.8 Å². The number of nitrogens with zero attached hydrogens (tertiary/aromatic N) is 1. The molecule has 0 atom stereocenters. The largest absolute Gasteiger partial charge is 0.456 e. The molecule has 108 valence electrons. The Morgan fingerprint density at radius 1 is 1.20 bits per heavy atom. The van der Waals surface area contributed by atoms with Crippen LogP contribution in [-0.2, 0) is 5.41 Å². The van der Waals surface area contributed by atoms with Crippen molar-refractivity contribution in [2.75, 3.05) is 0 Å². The summed E-state index contributed by atoms with van der Waals surface area (Å²) in [6.07, 6.45) is -4.90. The molecule has 0 unspecified atom stereocenters. The summed E-state index contributed by atoms with van der Waals surface area (Å²) >= 11 is 3.21. The van der Waals surface area contributed by atoms with E-state index in [-0.39, 0.29) is 5.69 Å². The number of carbonyl (C=O) groups is 1. The molecule has 0 aliphatic heterocycles. The second-order valence-corrected chi connectivity index (χ2v) is 6.40. The Labute approximate surface area is 122 Å². The number of alkyl halides is 3. The summed E-state index contributed by atoms with van der Waals surface area (Å²) < 4.78 is 40.3. The Morgan fingerprint density at radius 2 is 1.80 bits per heavy atom. The van der Waals surface area contributed by atoms with Crippen LogP contribution in [0.3, 0.4) is 0 Å². The zero-order valence-electron chi connectivity index (χ0n) is 11.2. The highest BCUT2D eigenvalue weighted by atomic mass is 79.9. The first-order valence-electron chi connectivity index (χ1n) is 5.95. The molecule has 2 aromatic heterocycles. The van der Waals surface area contributed by atoms with Crippen LogP contribution in [0.2, 0.25) is 0 Å². The molecular weight excluding hydrogens is 335 g/mol. The van der Waals surface area contributed by atoms with Gasteiger partial charge in [0.25, 0.3) is 5.78 Å². The van der Waals surface area contributed by atoms with Gasteiger partial charge in [0, 0.05) is 5.52 Å². The lowest BCUT2D eigenvalue weighted by molar-refractivity contribution is -0.0889. The van der Waals surface area contributed by atoms with Gasteiger partial charge in [-0.3, -0.25) is 4.79 Å². The van der Waals surface area contributed by atoms with E-state index in [1.54, 1.807) is 45.0 Å². The van der Waals surface area contributed by atoms with Crippen molar-refractivity contribution in [3.05, 3.63) is 40.1 Å². The minimum absolute atomic E-state index is 0.326. The van der Waals surface area contributed by atoms with Gasteiger partial charge in [-0.2, -0.15) is 13.2 Å². The van der Waals surface area contributed by atoms with Gasteiger partial charge in [-0.25, -0.2) is 0 Å². The van der Waals surface area contributed by atoms with Crippen molar-refractivity contribution in [2.45, 2.75) is 32.4 Å². The molecule has 0 bridgehead atoms. The van der Waals surface area contributed by atoms with Gasteiger partial charge in [0.15, 0.2) is 0 Å². The molecule has 0 amide bonds. The number of carbonyl (C=O) groups excluding carboxylic acids is 1. The summed E-state index contributed by atoms with van der Waals surface area (Å²) in [5.41, 5.74) is 0.0397. The molecule has 2 aromatic rings. The standard InChI is InChI=1S/C14H13BrF3NO/c1-13(2,3)9-7-8-5-4-6-10(15)19(8)11(9)12(20)14(16,17)18/h4-7H,1-3H3. The molecule has 0 aliphatic carbocycles. The molecule has 20 heavy (non-hydrogen) atoms. The highest BCUT2D eigenvalue weighted by Crippen LogP contribution is 2.34. The van der Waals surface area contributed by atoms with E-state index < -0.39 is 17.4 Å². The van der Waals surface area contributed by atoms with Gasteiger partial charge in [0.05, 0.1) is 4.60 Å². The summed E-state index contributed by atoms with van der Waals surface area (Å²) in [4.78, 5) is 11.8. The van der Waals surface area contributed by atoms with Gasteiger partial charge in [0.1, 0.15) is 5.69 Å².